The van der Waals surface area contributed by atoms with Gasteiger partial charge in [0.1, 0.15) is 0 Å². The topological polar surface area (TPSA) is 24.4 Å². The number of nitrogens with zero attached hydrogens (tertiary/aromatic N) is 1. The number of anilines is 1. The molecule has 0 spiro atoms. The van der Waals surface area contributed by atoms with E-state index >= 15 is 0 Å². The number of aliphatic imine (C=N–C) groups is 1. The number of hydrogen-bond acceptors (Lipinski definition) is 3. The Morgan fingerprint density at radius 2 is 2.00 bits per heavy atom. The van der Waals surface area contributed by atoms with Gasteiger partial charge in [0.2, 0.25) is 0 Å². The molecule has 1 N–H and O–H groups in total. The third-order valence-corrected chi connectivity index (χ3v) is 4.28. The fraction of sp³-hybridized carbons (Fsp3) is 0.500. The average molecular weight is 327 g/mol. The van der Waals surface area contributed by atoms with E-state index < -0.39 is 0 Å². The van der Waals surface area contributed by atoms with Gasteiger partial charge in [0, 0.05) is 15.4 Å². The number of nitrogens with one attached hydrogen (secondary N) is 1. The molecule has 1 aromatic carbocycles. The number of amidine groups is 1. The number of hydrogen-bond donors (Lipinski definition) is 1. The van der Waals surface area contributed by atoms with Crippen LogP contribution in [0.3, 0.4) is 0 Å². The predicted octanol–water partition coefficient (Wildman–Crippen LogP) is 4.77. The summed E-state index contributed by atoms with van der Waals surface area (Å²) >= 11 is 5.30. The molecule has 4 heteroatoms. The van der Waals surface area contributed by atoms with Crippen LogP contribution in [0.1, 0.15) is 27.2 Å². The van der Waals surface area contributed by atoms with Crippen LogP contribution >= 0.6 is 27.7 Å². The molecule has 2 rings (SSSR count). The van der Waals surface area contributed by atoms with Crippen LogP contribution in [-0.2, 0) is 0 Å². The van der Waals surface area contributed by atoms with Crippen molar-refractivity contribution in [2.45, 2.75) is 32.4 Å². The predicted molar refractivity (Wildman–Crippen MR) is 85.5 cm³/mol. The van der Waals surface area contributed by atoms with Gasteiger partial charge >= 0.3 is 0 Å². The Kier molecular flexibility index (Phi) is 4.38. The number of thioether (sulfide) groups is 1. The van der Waals surface area contributed by atoms with Crippen molar-refractivity contribution in [2.24, 2.45) is 10.4 Å². The van der Waals surface area contributed by atoms with E-state index in [1.807, 2.05) is 23.9 Å². The Labute approximate surface area is 122 Å². The zero-order valence-electron chi connectivity index (χ0n) is 11.0. The Hall–Kier alpha value is -0.480. The molecule has 1 atom stereocenters. The summed E-state index contributed by atoms with van der Waals surface area (Å²) in [5.74, 6) is 0. The van der Waals surface area contributed by atoms with Crippen LogP contribution in [0.5, 0.6) is 0 Å². The lowest BCUT2D eigenvalue weighted by Crippen LogP contribution is -2.16. The molecule has 1 aliphatic rings. The first-order valence-electron chi connectivity index (χ1n) is 6.16. The van der Waals surface area contributed by atoms with Crippen molar-refractivity contribution < 1.29 is 0 Å². The van der Waals surface area contributed by atoms with Crippen LogP contribution in [-0.4, -0.2) is 17.0 Å². The first-order valence-corrected chi connectivity index (χ1v) is 7.83. The number of benzene rings is 1. The molecular formula is C14H19BrN2S. The van der Waals surface area contributed by atoms with E-state index in [0.717, 1.165) is 21.9 Å². The first kappa shape index (κ1) is 13.9. The van der Waals surface area contributed by atoms with Crippen LogP contribution in [0.2, 0.25) is 0 Å². The minimum absolute atomic E-state index is 0.375. The lowest BCUT2D eigenvalue weighted by atomic mass is 9.90. The molecule has 1 heterocycles. The van der Waals surface area contributed by atoms with Crippen LogP contribution in [0.15, 0.2) is 33.7 Å². The SMILES string of the molecule is CC(C)(C)CC1CN=C(Nc2ccc(Br)cc2)S1. The maximum atomic E-state index is 4.58. The highest BCUT2D eigenvalue weighted by Crippen LogP contribution is 2.32. The molecule has 0 saturated heterocycles. The van der Waals surface area contributed by atoms with Crippen LogP contribution in [0, 0.1) is 5.41 Å². The zero-order chi connectivity index (χ0) is 13.2. The van der Waals surface area contributed by atoms with E-state index in [-0.39, 0.29) is 0 Å². The maximum Gasteiger partial charge on any atom is 0.161 e. The van der Waals surface area contributed by atoms with Crippen molar-refractivity contribution in [1.29, 1.82) is 0 Å². The standard InChI is InChI=1S/C14H19BrN2S/c1-14(2,3)8-12-9-16-13(18-12)17-11-6-4-10(15)5-7-11/h4-7,12H,8-9H2,1-3H3,(H,16,17). The Morgan fingerprint density at radius 3 is 2.61 bits per heavy atom. The highest BCUT2D eigenvalue weighted by atomic mass is 79.9. The Morgan fingerprint density at radius 1 is 1.33 bits per heavy atom. The average Bonchev–Trinajstić information content (AvgIpc) is 2.66. The van der Waals surface area contributed by atoms with E-state index in [2.05, 4.69) is 59.1 Å². The lowest BCUT2D eigenvalue weighted by molar-refractivity contribution is 0.375. The minimum Gasteiger partial charge on any atom is -0.335 e. The molecule has 0 aromatic heterocycles. The Balaban J connectivity index is 1.88. The van der Waals surface area contributed by atoms with E-state index in [4.69, 9.17) is 0 Å². The van der Waals surface area contributed by atoms with Crippen LogP contribution in [0.25, 0.3) is 0 Å². The second-order valence-corrected chi connectivity index (χ2v) is 7.99. The maximum absolute atomic E-state index is 4.58. The number of halogens is 1. The summed E-state index contributed by atoms with van der Waals surface area (Å²) in [6, 6.07) is 8.19. The zero-order valence-corrected chi connectivity index (χ0v) is 13.4. The second kappa shape index (κ2) is 5.66. The van der Waals surface area contributed by atoms with Gasteiger partial charge in [-0.05, 0) is 36.1 Å². The van der Waals surface area contributed by atoms with Gasteiger partial charge in [-0.2, -0.15) is 0 Å². The molecule has 0 amide bonds. The van der Waals surface area contributed by atoms with Crippen molar-refractivity contribution in [3.05, 3.63) is 28.7 Å². The molecule has 2 nitrogen and oxygen atoms in total. The van der Waals surface area contributed by atoms with E-state index in [9.17, 15) is 0 Å². The molecule has 0 radical (unpaired) electrons. The summed E-state index contributed by atoms with van der Waals surface area (Å²) in [4.78, 5) is 4.58. The second-order valence-electron chi connectivity index (χ2n) is 5.78. The summed E-state index contributed by atoms with van der Waals surface area (Å²) in [7, 11) is 0. The molecule has 98 valence electrons. The van der Waals surface area contributed by atoms with Gasteiger partial charge in [0.15, 0.2) is 5.17 Å². The third kappa shape index (κ3) is 4.32. The number of rotatable bonds is 2. The van der Waals surface area contributed by atoms with E-state index in [1.165, 1.54) is 6.42 Å². The first-order chi connectivity index (χ1) is 8.42. The summed E-state index contributed by atoms with van der Waals surface area (Å²) < 4.78 is 1.10. The van der Waals surface area contributed by atoms with Gasteiger partial charge < -0.3 is 5.32 Å². The van der Waals surface area contributed by atoms with Gasteiger partial charge in [-0.25, -0.2) is 0 Å². The van der Waals surface area contributed by atoms with Crippen LogP contribution < -0.4 is 5.32 Å². The monoisotopic (exact) mass is 326 g/mol. The molecule has 0 bridgehead atoms. The highest BCUT2D eigenvalue weighted by Gasteiger charge is 2.24. The Bertz CT molecular complexity index is 434. The smallest absolute Gasteiger partial charge is 0.161 e. The van der Waals surface area contributed by atoms with Gasteiger partial charge in [0.25, 0.3) is 0 Å². The molecular weight excluding hydrogens is 308 g/mol. The van der Waals surface area contributed by atoms with Gasteiger partial charge in [-0.1, -0.05) is 48.5 Å². The quantitative estimate of drug-likeness (QED) is 0.846. The van der Waals surface area contributed by atoms with Gasteiger partial charge in [-0.3, -0.25) is 4.99 Å². The lowest BCUT2D eigenvalue weighted by Gasteiger charge is -2.21. The normalized spacial score (nSPS) is 19.8. The third-order valence-electron chi connectivity index (χ3n) is 2.65. The van der Waals surface area contributed by atoms with Gasteiger partial charge in [-0.15, -0.1) is 0 Å². The van der Waals surface area contributed by atoms with Crippen molar-refractivity contribution in [3.63, 3.8) is 0 Å². The van der Waals surface area contributed by atoms with Crippen LogP contribution in [0.4, 0.5) is 5.69 Å². The summed E-state index contributed by atoms with van der Waals surface area (Å²) in [5, 5.41) is 5.04. The van der Waals surface area contributed by atoms with E-state index in [0.29, 0.717) is 10.7 Å². The van der Waals surface area contributed by atoms with Crippen molar-refractivity contribution in [1.82, 2.24) is 0 Å². The van der Waals surface area contributed by atoms with Crippen molar-refractivity contribution in [3.8, 4) is 0 Å². The van der Waals surface area contributed by atoms with Crippen molar-refractivity contribution >= 4 is 38.5 Å². The highest BCUT2D eigenvalue weighted by molar-refractivity contribution is 9.10. The fourth-order valence-electron chi connectivity index (χ4n) is 1.93. The molecule has 0 fully saturated rings. The summed E-state index contributed by atoms with van der Waals surface area (Å²) in [6.07, 6.45) is 1.20. The largest absolute Gasteiger partial charge is 0.335 e. The minimum atomic E-state index is 0.375. The molecule has 0 aliphatic carbocycles. The van der Waals surface area contributed by atoms with Gasteiger partial charge in [0.05, 0.1) is 6.54 Å². The molecule has 1 unspecified atom stereocenters. The summed E-state index contributed by atoms with van der Waals surface area (Å²) in [5.41, 5.74) is 1.47. The molecule has 1 aliphatic heterocycles. The summed E-state index contributed by atoms with van der Waals surface area (Å²) in [6.45, 7) is 7.79. The molecule has 0 saturated carbocycles. The molecule has 1 aromatic rings. The van der Waals surface area contributed by atoms with Crippen molar-refractivity contribution in [2.75, 3.05) is 11.9 Å². The fourth-order valence-corrected chi connectivity index (χ4v) is 3.57. The molecule has 18 heavy (non-hydrogen) atoms. The van der Waals surface area contributed by atoms with E-state index in [1.54, 1.807) is 0 Å².